The second-order valence-electron chi connectivity index (χ2n) is 3.99. The molecule has 0 fully saturated rings. The van der Waals surface area contributed by atoms with Crippen LogP contribution in [-0.2, 0) is 0 Å². The van der Waals surface area contributed by atoms with Gasteiger partial charge < -0.3 is 10.4 Å². The molecular weight excluding hydrogens is 210 g/mol. The zero-order valence-corrected chi connectivity index (χ0v) is 9.71. The van der Waals surface area contributed by atoms with Gasteiger partial charge in [-0.1, -0.05) is 48.5 Å². The van der Waals surface area contributed by atoms with E-state index in [1.165, 1.54) is 5.56 Å². The van der Waals surface area contributed by atoms with E-state index in [1.807, 2.05) is 48.5 Å². The van der Waals surface area contributed by atoms with Crippen molar-refractivity contribution >= 4 is 5.69 Å². The maximum Gasteiger partial charge on any atom is 0.0535 e. The van der Waals surface area contributed by atoms with Gasteiger partial charge in [0.25, 0.3) is 0 Å². The molecule has 17 heavy (non-hydrogen) atoms. The van der Waals surface area contributed by atoms with Gasteiger partial charge in [-0.2, -0.15) is 0 Å². The van der Waals surface area contributed by atoms with Crippen molar-refractivity contribution in [1.29, 1.82) is 0 Å². The summed E-state index contributed by atoms with van der Waals surface area (Å²) in [6.45, 7) is 0.180. The molecule has 88 valence electrons. The Labute approximate surface area is 102 Å². The fraction of sp³-hybridized carbons (Fsp3) is 0.200. The molecule has 2 nitrogen and oxygen atoms in total. The largest absolute Gasteiger partial charge is 0.396 e. The van der Waals surface area contributed by atoms with Gasteiger partial charge in [-0.15, -0.1) is 0 Å². The number of nitrogens with one attached hydrogen (secondary N) is 1. The Morgan fingerprint density at radius 2 is 1.47 bits per heavy atom. The molecule has 0 saturated heterocycles. The average molecular weight is 227 g/mol. The Morgan fingerprint density at radius 1 is 0.882 bits per heavy atom. The molecule has 0 aliphatic carbocycles. The molecule has 0 saturated carbocycles. The van der Waals surface area contributed by atoms with Crippen LogP contribution < -0.4 is 5.32 Å². The summed E-state index contributed by atoms with van der Waals surface area (Å²) in [5, 5.41) is 12.6. The lowest BCUT2D eigenvalue weighted by molar-refractivity contribution is 0.280. The Morgan fingerprint density at radius 3 is 2.06 bits per heavy atom. The molecule has 0 aliphatic heterocycles. The van der Waals surface area contributed by atoms with Crippen molar-refractivity contribution in [2.75, 3.05) is 11.9 Å². The summed E-state index contributed by atoms with van der Waals surface area (Å²) in [5.41, 5.74) is 2.28. The standard InChI is InChI=1S/C15H17NO/c17-12-11-15(13-7-3-1-4-8-13)16-14-9-5-2-6-10-14/h1-10,15-17H,11-12H2. The summed E-state index contributed by atoms with van der Waals surface area (Å²) >= 11 is 0. The second kappa shape index (κ2) is 6.06. The van der Waals surface area contributed by atoms with Crippen LogP contribution in [-0.4, -0.2) is 11.7 Å². The highest BCUT2D eigenvalue weighted by molar-refractivity contribution is 5.45. The first kappa shape index (κ1) is 11.7. The molecule has 0 aromatic heterocycles. The van der Waals surface area contributed by atoms with Crippen LogP contribution in [0.25, 0.3) is 0 Å². The van der Waals surface area contributed by atoms with E-state index in [0.717, 1.165) is 5.69 Å². The van der Waals surface area contributed by atoms with Crippen LogP contribution >= 0.6 is 0 Å². The fourth-order valence-corrected chi connectivity index (χ4v) is 1.87. The molecule has 2 N–H and O–H groups in total. The lowest BCUT2D eigenvalue weighted by Gasteiger charge is -2.19. The van der Waals surface area contributed by atoms with E-state index in [4.69, 9.17) is 5.11 Å². The minimum atomic E-state index is 0.156. The quantitative estimate of drug-likeness (QED) is 0.822. The Kier molecular flexibility index (Phi) is 4.17. The molecule has 0 aliphatic rings. The van der Waals surface area contributed by atoms with Gasteiger partial charge >= 0.3 is 0 Å². The Balaban J connectivity index is 2.13. The Hall–Kier alpha value is -1.80. The van der Waals surface area contributed by atoms with Crippen molar-refractivity contribution in [2.24, 2.45) is 0 Å². The summed E-state index contributed by atoms with van der Waals surface area (Å²) in [7, 11) is 0. The van der Waals surface area contributed by atoms with Gasteiger partial charge in [0.2, 0.25) is 0 Å². The fourth-order valence-electron chi connectivity index (χ4n) is 1.87. The summed E-state index contributed by atoms with van der Waals surface area (Å²) < 4.78 is 0. The molecule has 0 radical (unpaired) electrons. The van der Waals surface area contributed by atoms with Gasteiger partial charge in [-0.25, -0.2) is 0 Å². The minimum Gasteiger partial charge on any atom is -0.396 e. The highest BCUT2D eigenvalue weighted by atomic mass is 16.3. The molecule has 1 unspecified atom stereocenters. The van der Waals surface area contributed by atoms with Gasteiger partial charge in [0.05, 0.1) is 6.04 Å². The average Bonchev–Trinajstić information content (AvgIpc) is 2.40. The van der Waals surface area contributed by atoms with Gasteiger partial charge in [0.1, 0.15) is 0 Å². The van der Waals surface area contributed by atoms with E-state index in [2.05, 4.69) is 17.4 Å². The summed E-state index contributed by atoms with van der Waals surface area (Å²) in [6, 6.07) is 20.4. The van der Waals surface area contributed by atoms with Crippen LogP contribution in [0, 0.1) is 0 Å². The monoisotopic (exact) mass is 227 g/mol. The first-order chi connectivity index (χ1) is 8.40. The predicted octanol–water partition coefficient (Wildman–Crippen LogP) is 3.22. The van der Waals surface area contributed by atoms with Crippen molar-refractivity contribution in [3.8, 4) is 0 Å². The van der Waals surface area contributed by atoms with Crippen molar-refractivity contribution in [3.05, 3.63) is 66.2 Å². The summed E-state index contributed by atoms with van der Waals surface area (Å²) in [5.74, 6) is 0. The van der Waals surface area contributed by atoms with Crippen LogP contribution in [0.2, 0.25) is 0 Å². The van der Waals surface area contributed by atoms with Crippen molar-refractivity contribution in [3.63, 3.8) is 0 Å². The van der Waals surface area contributed by atoms with Crippen molar-refractivity contribution < 1.29 is 5.11 Å². The third-order valence-corrected chi connectivity index (χ3v) is 2.73. The number of benzene rings is 2. The molecular formula is C15H17NO. The van der Waals surface area contributed by atoms with Gasteiger partial charge in [-0.05, 0) is 24.1 Å². The highest BCUT2D eigenvalue weighted by Gasteiger charge is 2.09. The van der Waals surface area contributed by atoms with Crippen LogP contribution in [0.15, 0.2) is 60.7 Å². The molecule has 0 spiro atoms. The lowest BCUT2D eigenvalue weighted by atomic mass is 10.0. The van der Waals surface area contributed by atoms with Gasteiger partial charge in [0, 0.05) is 12.3 Å². The number of aliphatic hydroxyl groups excluding tert-OH is 1. The number of hydrogen-bond acceptors (Lipinski definition) is 2. The van der Waals surface area contributed by atoms with E-state index >= 15 is 0 Å². The Bertz CT molecular complexity index is 427. The van der Waals surface area contributed by atoms with Crippen LogP contribution in [0.3, 0.4) is 0 Å². The molecule has 1 atom stereocenters. The number of rotatable bonds is 5. The van der Waals surface area contributed by atoms with Crippen molar-refractivity contribution in [1.82, 2.24) is 0 Å². The van der Waals surface area contributed by atoms with E-state index < -0.39 is 0 Å². The van der Waals surface area contributed by atoms with Gasteiger partial charge in [-0.3, -0.25) is 0 Å². The zero-order chi connectivity index (χ0) is 11.9. The highest BCUT2D eigenvalue weighted by Crippen LogP contribution is 2.21. The maximum absolute atomic E-state index is 9.14. The molecule has 2 rings (SSSR count). The molecule has 2 aromatic carbocycles. The van der Waals surface area contributed by atoms with E-state index in [1.54, 1.807) is 0 Å². The number of aliphatic hydroxyl groups is 1. The number of hydrogen-bond donors (Lipinski definition) is 2. The molecule has 0 amide bonds. The minimum absolute atomic E-state index is 0.156. The summed E-state index contributed by atoms with van der Waals surface area (Å²) in [6.07, 6.45) is 0.707. The first-order valence-electron chi connectivity index (χ1n) is 5.87. The molecule has 0 heterocycles. The van der Waals surface area contributed by atoms with Gasteiger partial charge in [0.15, 0.2) is 0 Å². The van der Waals surface area contributed by atoms with Crippen LogP contribution in [0.1, 0.15) is 18.0 Å². The van der Waals surface area contributed by atoms with E-state index in [0.29, 0.717) is 6.42 Å². The zero-order valence-electron chi connectivity index (χ0n) is 9.71. The number of para-hydroxylation sites is 1. The van der Waals surface area contributed by atoms with Crippen LogP contribution in [0.4, 0.5) is 5.69 Å². The van der Waals surface area contributed by atoms with E-state index in [9.17, 15) is 0 Å². The van der Waals surface area contributed by atoms with Crippen LogP contribution in [0.5, 0.6) is 0 Å². The summed E-state index contributed by atoms with van der Waals surface area (Å²) in [4.78, 5) is 0. The smallest absolute Gasteiger partial charge is 0.0535 e. The normalized spacial score (nSPS) is 12.1. The SMILES string of the molecule is OCCC(Nc1ccccc1)c1ccccc1. The first-order valence-corrected chi connectivity index (χ1v) is 5.87. The third kappa shape index (κ3) is 3.33. The molecule has 0 bridgehead atoms. The molecule has 2 aromatic rings. The third-order valence-electron chi connectivity index (χ3n) is 2.73. The molecule has 2 heteroatoms. The number of anilines is 1. The van der Waals surface area contributed by atoms with E-state index in [-0.39, 0.29) is 12.6 Å². The topological polar surface area (TPSA) is 32.3 Å². The van der Waals surface area contributed by atoms with Crippen molar-refractivity contribution in [2.45, 2.75) is 12.5 Å². The lowest BCUT2D eigenvalue weighted by Crippen LogP contribution is -2.12. The second-order valence-corrected chi connectivity index (χ2v) is 3.99. The predicted molar refractivity (Wildman–Crippen MR) is 71.0 cm³/mol. The maximum atomic E-state index is 9.14.